The molecule has 2 N–H and O–H groups in total. The van der Waals surface area contributed by atoms with Crippen molar-refractivity contribution in [2.75, 3.05) is 0 Å². The monoisotopic (exact) mass is 291 g/mol. The van der Waals surface area contributed by atoms with Gasteiger partial charge in [-0.25, -0.2) is 4.79 Å². The molecule has 5 nitrogen and oxygen atoms in total. The van der Waals surface area contributed by atoms with Crippen LogP contribution in [0.15, 0.2) is 28.7 Å². The molecule has 104 valence electrons. The normalized spacial score (nSPS) is 15.8. The molecule has 0 bridgehead atoms. The van der Waals surface area contributed by atoms with Gasteiger partial charge in [-0.3, -0.25) is 4.79 Å². The summed E-state index contributed by atoms with van der Waals surface area (Å²) in [5.41, 5.74) is -1.05. The van der Waals surface area contributed by atoms with E-state index in [1.54, 1.807) is 12.1 Å². The van der Waals surface area contributed by atoms with Crippen LogP contribution >= 0.6 is 11.3 Å². The second-order valence-electron chi connectivity index (χ2n) is 4.92. The second-order valence-corrected chi connectivity index (χ2v) is 6.00. The van der Waals surface area contributed by atoms with E-state index in [4.69, 9.17) is 9.52 Å². The highest BCUT2D eigenvalue weighted by Crippen LogP contribution is 2.36. The Kier molecular flexibility index (Phi) is 2.90. The Labute approximate surface area is 119 Å². The van der Waals surface area contributed by atoms with E-state index in [9.17, 15) is 9.59 Å². The number of thiophene rings is 1. The fourth-order valence-electron chi connectivity index (χ4n) is 1.96. The third kappa shape index (κ3) is 2.22. The van der Waals surface area contributed by atoms with Crippen molar-refractivity contribution >= 4 is 23.2 Å². The third-order valence-electron chi connectivity index (χ3n) is 3.33. The van der Waals surface area contributed by atoms with Gasteiger partial charge < -0.3 is 14.8 Å². The van der Waals surface area contributed by atoms with Crippen LogP contribution in [-0.2, 0) is 4.79 Å². The van der Waals surface area contributed by atoms with Gasteiger partial charge in [-0.1, -0.05) is 0 Å². The van der Waals surface area contributed by atoms with E-state index in [0.29, 0.717) is 23.5 Å². The summed E-state index contributed by atoms with van der Waals surface area (Å²) in [5, 5.41) is 11.7. The Hall–Kier alpha value is -2.08. The molecular weight excluding hydrogens is 278 g/mol. The molecule has 0 aliphatic heterocycles. The Balaban J connectivity index is 1.77. The molecule has 0 aromatic carbocycles. The van der Waals surface area contributed by atoms with E-state index in [-0.39, 0.29) is 5.91 Å². The van der Waals surface area contributed by atoms with Crippen molar-refractivity contribution < 1.29 is 19.1 Å². The van der Waals surface area contributed by atoms with Crippen molar-refractivity contribution in [2.45, 2.75) is 25.3 Å². The highest BCUT2D eigenvalue weighted by atomic mass is 32.1. The number of rotatable bonds is 4. The van der Waals surface area contributed by atoms with Crippen LogP contribution in [0.4, 0.5) is 0 Å². The lowest BCUT2D eigenvalue weighted by atomic mass is 10.2. The summed E-state index contributed by atoms with van der Waals surface area (Å²) in [6, 6.07) is 7.20. The molecule has 6 heteroatoms. The van der Waals surface area contributed by atoms with E-state index in [2.05, 4.69) is 5.32 Å². The molecule has 1 saturated carbocycles. The Morgan fingerprint density at radius 1 is 1.30 bits per heavy atom. The molecule has 0 unspecified atom stereocenters. The fourth-order valence-corrected chi connectivity index (χ4v) is 2.82. The van der Waals surface area contributed by atoms with E-state index < -0.39 is 11.5 Å². The summed E-state index contributed by atoms with van der Waals surface area (Å²) in [4.78, 5) is 24.5. The molecule has 0 atom stereocenters. The van der Waals surface area contributed by atoms with Gasteiger partial charge in [0.1, 0.15) is 17.1 Å². The van der Waals surface area contributed by atoms with Crippen LogP contribution in [-0.4, -0.2) is 22.5 Å². The summed E-state index contributed by atoms with van der Waals surface area (Å²) >= 11 is 1.29. The molecule has 20 heavy (non-hydrogen) atoms. The smallest absolute Gasteiger partial charge is 0.329 e. The van der Waals surface area contributed by atoms with Gasteiger partial charge >= 0.3 is 5.97 Å². The number of amides is 1. The maximum absolute atomic E-state index is 12.1. The van der Waals surface area contributed by atoms with Crippen molar-refractivity contribution in [3.63, 3.8) is 0 Å². The number of nitrogens with one attached hydrogen (secondary N) is 1. The van der Waals surface area contributed by atoms with Gasteiger partial charge in [-0.2, -0.15) is 0 Å². The fraction of sp³-hybridized carbons (Fsp3) is 0.286. The van der Waals surface area contributed by atoms with E-state index in [1.165, 1.54) is 11.3 Å². The predicted molar refractivity (Wildman–Crippen MR) is 73.8 cm³/mol. The van der Waals surface area contributed by atoms with Gasteiger partial charge in [-0.05, 0) is 44.0 Å². The van der Waals surface area contributed by atoms with Crippen LogP contribution in [0.25, 0.3) is 10.6 Å². The van der Waals surface area contributed by atoms with Crippen LogP contribution in [0.3, 0.4) is 0 Å². The van der Waals surface area contributed by atoms with E-state index >= 15 is 0 Å². The van der Waals surface area contributed by atoms with Crippen LogP contribution in [0.5, 0.6) is 0 Å². The highest BCUT2D eigenvalue weighted by molar-refractivity contribution is 7.17. The van der Waals surface area contributed by atoms with E-state index in [0.717, 1.165) is 10.6 Å². The molecule has 1 amide bonds. The topological polar surface area (TPSA) is 79.5 Å². The molecule has 1 fully saturated rings. The molecule has 2 aromatic rings. The summed E-state index contributed by atoms with van der Waals surface area (Å²) in [6.07, 6.45) is 0.980. The number of furan rings is 1. The minimum absolute atomic E-state index is 0.343. The summed E-state index contributed by atoms with van der Waals surface area (Å²) in [5.74, 6) is 0.210. The Morgan fingerprint density at radius 2 is 2.05 bits per heavy atom. The number of carboxylic acid groups (broad SMARTS) is 1. The van der Waals surface area contributed by atoms with Gasteiger partial charge in [0.15, 0.2) is 0 Å². The van der Waals surface area contributed by atoms with Gasteiger partial charge in [0.05, 0.1) is 9.75 Å². The number of hydrogen-bond donors (Lipinski definition) is 2. The van der Waals surface area contributed by atoms with Crippen molar-refractivity contribution in [3.8, 4) is 10.6 Å². The second kappa shape index (κ2) is 4.49. The number of carbonyl (C=O) groups is 2. The van der Waals surface area contributed by atoms with Gasteiger partial charge in [-0.15, -0.1) is 11.3 Å². The zero-order valence-electron chi connectivity index (χ0n) is 10.8. The standard InChI is InChI=1S/C14H13NO4S/c1-8-2-3-9(19-8)10-4-5-11(20-10)12(16)15-14(6-7-14)13(17)18/h2-5H,6-7H2,1H3,(H,15,16)(H,17,18). The summed E-state index contributed by atoms with van der Waals surface area (Å²) in [6.45, 7) is 1.86. The minimum Gasteiger partial charge on any atom is -0.480 e. The first-order valence-corrected chi connectivity index (χ1v) is 7.04. The average molecular weight is 291 g/mol. The first-order chi connectivity index (χ1) is 9.50. The van der Waals surface area contributed by atoms with Crippen LogP contribution in [0, 0.1) is 6.92 Å². The highest BCUT2D eigenvalue weighted by Gasteiger charge is 2.51. The number of hydrogen-bond acceptors (Lipinski definition) is 4. The first-order valence-electron chi connectivity index (χ1n) is 6.23. The predicted octanol–water partition coefficient (Wildman–Crippen LogP) is 2.66. The molecular formula is C14H13NO4S. The third-order valence-corrected chi connectivity index (χ3v) is 4.42. The number of aliphatic carboxylic acids is 1. The van der Waals surface area contributed by atoms with Crippen molar-refractivity contribution in [3.05, 3.63) is 34.9 Å². The number of carbonyl (C=O) groups excluding carboxylic acids is 1. The molecule has 0 saturated heterocycles. The van der Waals surface area contributed by atoms with Crippen LogP contribution in [0.1, 0.15) is 28.3 Å². The van der Waals surface area contributed by atoms with Crippen LogP contribution < -0.4 is 5.32 Å². The average Bonchev–Trinajstić information content (AvgIpc) is 2.86. The van der Waals surface area contributed by atoms with Crippen molar-refractivity contribution in [1.29, 1.82) is 0 Å². The zero-order chi connectivity index (χ0) is 14.3. The minimum atomic E-state index is -1.05. The molecule has 2 heterocycles. The van der Waals surface area contributed by atoms with Crippen molar-refractivity contribution in [1.82, 2.24) is 5.32 Å². The molecule has 1 aliphatic carbocycles. The Morgan fingerprint density at radius 3 is 2.60 bits per heavy atom. The number of aryl methyl sites for hydroxylation is 1. The van der Waals surface area contributed by atoms with Crippen molar-refractivity contribution in [2.24, 2.45) is 0 Å². The maximum atomic E-state index is 12.1. The molecule has 3 rings (SSSR count). The largest absolute Gasteiger partial charge is 0.480 e. The number of carboxylic acids is 1. The lowest BCUT2D eigenvalue weighted by molar-refractivity contribution is -0.140. The maximum Gasteiger partial charge on any atom is 0.329 e. The first kappa shape index (κ1) is 12.9. The SMILES string of the molecule is Cc1ccc(-c2ccc(C(=O)NC3(C(=O)O)CC3)s2)o1. The van der Waals surface area contributed by atoms with Gasteiger partial charge in [0.25, 0.3) is 5.91 Å². The molecule has 1 aliphatic rings. The molecule has 2 aromatic heterocycles. The lowest BCUT2D eigenvalue weighted by Gasteiger charge is -2.10. The molecule has 0 spiro atoms. The lowest BCUT2D eigenvalue weighted by Crippen LogP contribution is -2.42. The van der Waals surface area contributed by atoms with Gasteiger partial charge in [0, 0.05) is 0 Å². The molecule has 0 radical (unpaired) electrons. The summed E-state index contributed by atoms with van der Waals surface area (Å²) in [7, 11) is 0. The Bertz CT molecular complexity index is 681. The van der Waals surface area contributed by atoms with Crippen LogP contribution in [0.2, 0.25) is 0 Å². The quantitative estimate of drug-likeness (QED) is 0.907. The summed E-state index contributed by atoms with van der Waals surface area (Å²) < 4.78 is 5.50. The zero-order valence-corrected chi connectivity index (χ0v) is 11.6. The van der Waals surface area contributed by atoms with Gasteiger partial charge in [0.2, 0.25) is 0 Å². The van der Waals surface area contributed by atoms with E-state index in [1.807, 2.05) is 19.1 Å².